The Bertz CT molecular complexity index is 286. The van der Waals surface area contributed by atoms with Gasteiger partial charge in [0, 0.05) is 24.1 Å². The Labute approximate surface area is 120 Å². The normalized spacial score (nSPS) is 24.7. The summed E-state index contributed by atoms with van der Waals surface area (Å²) in [6, 6.07) is 0. The van der Waals surface area contributed by atoms with Gasteiger partial charge in [0.15, 0.2) is 5.17 Å². The third-order valence-electron chi connectivity index (χ3n) is 4.22. The lowest BCUT2D eigenvalue weighted by Gasteiger charge is -2.38. The second kappa shape index (κ2) is 7.09. The van der Waals surface area contributed by atoms with Crippen LogP contribution in [0.25, 0.3) is 0 Å². The van der Waals surface area contributed by atoms with Crippen molar-refractivity contribution in [3.05, 3.63) is 0 Å². The quantitative estimate of drug-likeness (QED) is 0.851. The summed E-state index contributed by atoms with van der Waals surface area (Å²) in [6.45, 7) is 4.43. The lowest BCUT2D eigenvalue weighted by molar-refractivity contribution is 0.232. The standard InChI is InChI=1S/C14H26N2S2/c1-12(17-2)6-9-15-13-16-10-14(11-18-13)7-4-3-5-8-14/h12H,3-11H2,1-2H3,(H,15,16). The molecule has 0 amide bonds. The average molecular weight is 287 g/mol. The van der Waals surface area contributed by atoms with Gasteiger partial charge in [-0.2, -0.15) is 11.8 Å². The van der Waals surface area contributed by atoms with Crippen LogP contribution in [0.1, 0.15) is 45.4 Å². The molecule has 0 radical (unpaired) electrons. The minimum absolute atomic E-state index is 0.556. The zero-order valence-electron chi connectivity index (χ0n) is 11.7. The SMILES string of the molecule is CSC(C)CCNC1=NCC2(CCCCC2)CS1. The van der Waals surface area contributed by atoms with E-state index in [0.29, 0.717) is 5.41 Å². The smallest absolute Gasteiger partial charge is 0.156 e. The first-order valence-corrected chi connectivity index (χ1v) is 9.45. The summed E-state index contributed by atoms with van der Waals surface area (Å²) in [5.74, 6) is 1.29. The van der Waals surface area contributed by atoms with E-state index in [2.05, 4.69) is 18.5 Å². The molecule has 1 spiro atoms. The van der Waals surface area contributed by atoms with E-state index in [1.807, 2.05) is 23.5 Å². The Morgan fingerprint density at radius 1 is 1.39 bits per heavy atom. The van der Waals surface area contributed by atoms with E-state index in [4.69, 9.17) is 4.99 Å². The number of hydrogen-bond donors (Lipinski definition) is 1. The highest BCUT2D eigenvalue weighted by Gasteiger charge is 2.34. The van der Waals surface area contributed by atoms with Crippen molar-refractivity contribution < 1.29 is 0 Å². The predicted molar refractivity (Wildman–Crippen MR) is 85.9 cm³/mol. The van der Waals surface area contributed by atoms with Crippen molar-refractivity contribution in [3.63, 3.8) is 0 Å². The number of thioether (sulfide) groups is 2. The lowest BCUT2D eigenvalue weighted by Crippen LogP contribution is -2.37. The van der Waals surface area contributed by atoms with Gasteiger partial charge in [-0.15, -0.1) is 0 Å². The van der Waals surface area contributed by atoms with Gasteiger partial charge >= 0.3 is 0 Å². The van der Waals surface area contributed by atoms with Gasteiger partial charge in [0.2, 0.25) is 0 Å². The highest BCUT2D eigenvalue weighted by Crippen LogP contribution is 2.41. The monoisotopic (exact) mass is 286 g/mol. The summed E-state index contributed by atoms with van der Waals surface area (Å²) < 4.78 is 0. The van der Waals surface area contributed by atoms with Crippen LogP contribution in [0, 0.1) is 5.41 Å². The highest BCUT2D eigenvalue weighted by atomic mass is 32.2. The maximum Gasteiger partial charge on any atom is 0.156 e. The van der Waals surface area contributed by atoms with Crippen LogP contribution in [-0.2, 0) is 0 Å². The predicted octanol–water partition coefficient (Wildman–Crippen LogP) is 3.77. The first kappa shape index (κ1) is 14.6. The third-order valence-corrected chi connectivity index (χ3v) is 6.56. The van der Waals surface area contributed by atoms with Crippen molar-refractivity contribution in [2.45, 2.75) is 50.7 Å². The molecule has 18 heavy (non-hydrogen) atoms. The lowest BCUT2D eigenvalue weighted by atomic mass is 9.75. The number of nitrogens with one attached hydrogen (secondary N) is 1. The second-order valence-electron chi connectivity index (χ2n) is 5.73. The van der Waals surface area contributed by atoms with Crippen LogP contribution < -0.4 is 5.32 Å². The minimum Gasteiger partial charge on any atom is -0.365 e. The zero-order chi connectivity index (χ0) is 12.8. The summed E-state index contributed by atoms with van der Waals surface area (Å²) in [5.41, 5.74) is 0.556. The van der Waals surface area contributed by atoms with E-state index in [1.165, 1.54) is 49.4 Å². The molecule has 1 fully saturated rings. The van der Waals surface area contributed by atoms with Crippen LogP contribution in [0.4, 0.5) is 0 Å². The van der Waals surface area contributed by atoms with Crippen LogP contribution in [0.3, 0.4) is 0 Å². The Morgan fingerprint density at radius 3 is 2.78 bits per heavy atom. The molecule has 1 aliphatic heterocycles. The number of aliphatic imine (C=N–C) groups is 1. The first-order chi connectivity index (χ1) is 8.74. The van der Waals surface area contributed by atoms with Crippen molar-refractivity contribution in [1.29, 1.82) is 0 Å². The van der Waals surface area contributed by atoms with Crippen molar-refractivity contribution >= 4 is 28.7 Å². The van der Waals surface area contributed by atoms with Crippen molar-refractivity contribution in [2.75, 3.05) is 25.1 Å². The molecule has 0 aromatic carbocycles. The van der Waals surface area contributed by atoms with Crippen LogP contribution in [0.2, 0.25) is 0 Å². The number of amidine groups is 1. The summed E-state index contributed by atoms with van der Waals surface area (Å²) in [4.78, 5) is 4.79. The molecule has 2 aliphatic rings. The molecule has 0 aromatic heterocycles. The van der Waals surface area contributed by atoms with Gasteiger partial charge in [-0.25, -0.2) is 0 Å². The number of hydrogen-bond acceptors (Lipinski definition) is 4. The molecule has 1 N–H and O–H groups in total. The zero-order valence-corrected chi connectivity index (χ0v) is 13.3. The number of nitrogens with zero attached hydrogens (tertiary/aromatic N) is 1. The molecular formula is C14H26N2S2. The van der Waals surface area contributed by atoms with E-state index in [0.717, 1.165) is 18.3 Å². The van der Waals surface area contributed by atoms with Crippen molar-refractivity contribution in [2.24, 2.45) is 10.4 Å². The maximum absolute atomic E-state index is 4.79. The number of rotatable bonds is 4. The van der Waals surface area contributed by atoms with Gasteiger partial charge in [-0.3, -0.25) is 4.99 Å². The molecule has 0 bridgehead atoms. The van der Waals surface area contributed by atoms with E-state index >= 15 is 0 Å². The molecule has 1 saturated carbocycles. The first-order valence-electron chi connectivity index (χ1n) is 7.18. The molecule has 1 unspecified atom stereocenters. The van der Waals surface area contributed by atoms with Crippen LogP contribution in [0.15, 0.2) is 4.99 Å². The fraction of sp³-hybridized carbons (Fsp3) is 0.929. The Hall–Kier alpha value is 0.170. The molecule has 104 valence electrons. The van der Waals surface area contributed by atoms with Gasteiger partial charge in [-0.05, 0) is 30.9 Å². The van der Waals surface area contributed by atoms with Crippen LogP contribution >= 0.6 is 23.5 Å². The van der Waals surface area contributed by atoms with Crippen molar-refractivity contribution in [1.82, 2.24) is 5.32 Å². The van der Waals surface area contributed by atoms with Gasteiger partial charge in [0.1, 0.15) is 0 Å². The van der Waals surface area contributed by atoms with Gasteiger partial charge in [0.05, 0.1) is 0 Å². The minimum atomic E-state index is 0.556. The Balaban J connectivity index is 1.72. The summed E-state index contributed by atoms with van der Waals surface area (Å²) in [5, 5.41) is 5.45. The summed E-state index contributed by atoms with van der Waals surface area (Å²) in [6.07, 6.45) is 10.5. The van der Waals surface area contributed by atoms with Crippen molar-refractivity contribution in [3.8, 4) is 0 Å². The van der Waals surface area contributed by atoms with E-state index < -0.39 is 0 Å². The topological polar surface area (TPSA) is 24.4 Å². The van der Waals surface area contributed by atoms with E-state index in [-0.39, 0.29) is 0 Å². The molecule has 0 saturated heterocycles. The molecule has 1 aliphatic carbocycles. The molecular weight excluding hydrogens is 260 g/mol. The molecule has 0 aromatic rings. The maximum atomic E-state index is 4.79. The third kappa shape index (κ3) is 4.09. The Morgan fingerprint density at radius 2 is 2.17 bits per heavy atom. The van der Waals surface area contributed by atoms with Gasteiger partial charge < -0.3 is 5.32 Å². The van der Waals surface area contributed by atoms with Gasteiger partial charge in [-0.1, -0.05) is 37.9 Å². The van der Waals surface area contributed by atoms with Gasteiger partial charge in [0.25, 0.3) is 0 Å². The second-order valence-corrected chi connectivity index (χ2v) is 7.97. The highest BCUT2D eigenvalue weighted by molar-refractivity contribution is 8.13. The summed E-state index contributed by atoms with van der Waals surface area (Å²) in [7, 11) is 0. The van der Waals surface area contributed by atoms with E-state index in [1.54, 1.807) is 0 Å². The average Bonchev–Trinajstić information content (AvgIpc) is 2.42. The molecule has 2 rings (SSSR count). The van der Waals surface area contributed by atoms with Crippen LogP contribution in [-0.4, -0.2) is 35.5 Å². The fourth-order valence-electron chi connectivity index (χ4n) is 2.76. The Kier molecular flexibility index (Phi) is 5.74. The van der Waals surface area contributed by atoms with E-state index in [9.17, 15) is 0 Å². The molecule has 1 atom stereocenters. The largest absolute Gasteiger partial charge is 0.365 e. The fourth-order valence-corrected chi connectivity index (χ4v) is 4.30. The summed E-state index contributed by atoms with van der Waals surface area (Å²) >= 11 is 3.90. The molecule has 2 nitrogen and oxygen atoms in total. The molecule has 4 heteroatoms. The van der Waals surface area contributed by atoms with Crippen LogP contribution in [0.5, 0.6) is 0 Å². The molecule has 1 heterocycles.